The van der Waals surface area contributed by atoms with Crippen LogP contribution >= 0.6 is 23.2 Å². The molecule has 0 unspecified atom stereocenters. The van der Waals surface area contributed by atoms with E-state index in [1.807, 2.05) is 30.3 Å². The number of aromatic amines is 1. The molecule has 0 amide bonds. The number of benzene rings is 2. The van der Waals surface area contributed by atoms with Gasteiger partial charge in [-0.2, -0.15) is 5.10 Å². The minimum absolute atomic E-state index is 0.345. The Bertz CT molecular complexity index is 789. The SMILES string of the molecule is O=c1[nH]nc(-c2ccccc2)n1-c1cc(Cl)cc(Cl)c1. The first-order valence-electron chi connectivity index (χ1n) is 5.84. The third kappa shape index (κ3) is 2.35. The van der Waals surface area contributed by atoms with E-state index in [9.17, 15) is 4.79 Å². The van der Waals surface area contributed by atoms with Crippen molar-refractivity contribution in [2.45, 2.75) is 0 Å². The van der Waals surface area contributed by atoms with Crippen molar-refractivity contribution in [3.8, 4) is 17.1 Å². The molecule has 0 aliphatic carbocycles. The Morgan fingerprint density at radius 1 is 1.00 bits per heavy atom. The van der Waals surface area contributed by atoms with Crippen molar-refractivity contribution in [2.75, 3.05) is 0 Å². The maximum atomic E-state index is 12.0. The number of halogens is 2. The van der Waals surface area contributed by atoms with Gasteiger partial charge < -0.3 is 0 Å². The lowest BCUT2D eigenvalue weighted by Crippen LogP contribution is -2.15. The Kier molecular flexibility index (Phi) is 3.34. The van der Waals surface area contributed by atoms with Crippen LogP contribution in [-0.2, 0) is 0 Å². The van der Waals surface area contributed by atoms with Gasteiger partial charge in [0, 0.05) is 15.6 Å². The van der Waals surface area contributed by atoms with Crippen LogP contribution in [0.4, 0.5) is 0 Å². The summed E-state index contributed by atoms with van der Waals surface area (Å²) in [4.78, 5) is 12.0. The average molecular weight is 306 g/mol. The molecule has 6 heteroatoms. The molecule has 3 aromatic rings. The lowest BCUT2D eigenvalue weighted by Gasteiger charge is -2.07. The molecule has 0 bridgehead atoms. The Hall–Kier alpha value is -2.04. The predicted molar refractivity (Wildman–Crippen MR) is 79.6 cm³/mol. The molecule has 0 aliphatic heterocycles. The topological polar surface area (TPSA) is 50.7 Å². The van der Waals surface area contributed by atoms with E-state index in [4.69, 9.17) is 23.2 Å². The van der Waals surface area contributed by atoms with E-state index >= 15 is 0 Å². The summed E-state index contributed by atoms with van der Waals surface area (Å²) in [5.41, 5.74) is 1.05. The van der Waals surface area contributed by atoms with Crippen LogP contribution in [0.1, 0.15) is 0 Å². The first-order chi connectivity index (χ1) is 9.65. The highest BCUT2D eigenvalue weighted by Crippen LogP contribution is 2.24. The van der Waals surface area contributed by atoms with Crippen LogP contribution < -0.4 is 5.69 Å². The second kappa shape index (κ2) is 5.15. The standard InChI is InChI=1S/C14H9Cl2N3O/c15-10-6-11(16)8-12(7-10)19-13(17-18-14(19)20)9-4-2-1-3-5-9/h1-8H,(H,18,20). The van der Waals surface area contributed by atoms with Gasteiger partial charge in [-0.1, -0.05) is 53.5 Å². The lowest BCUT2D eigenvalue weighted by molar-refractivity contribution is 0.986. The molecule has 0 spiro atoms. The molecule has 0 saturated carbocycles. The van der Waals surface area contributed by atoms with Gasteiger partial charge in [-0.15, -0.1) is 0 Å². The monoisotopic (exact) mass is 305 g/mol. The van der Waals surface area contributed by atoms with Gasteiger partial charge in [0.05, 0.1) is 5.69 Å². The molecule has 20 heavy (non-hydrogen) atoms. The summed E-state index contributed by atoms with van der Waals surface area (Å²) < 4.78 is 1.44. The molecule has 2 aromatic carbocycles. The van der Waals surface area contributed by atoms with Crippen LogP contribution in [0, 0.1) is 0 Å². The first-order valence-corrected chi connectivity index (χ1v) is 6.60. The number of H-pyrrole nitrogens is 1. The summed E-state index contributed by atoms with van der Waals surface area (Å²) in [6, 6.07) is 14.3. The van der Waals surface area contributed by atoms with E-state index in [0.29, 0.717) is 21.6 Å². The zero-order valence-corrected chi connectivity index (χ0v) is 11.7. The minimum Gasteiger partial charge on any atom is -0.246 e. The second-order valence-corrected chi connectivity index (χ2v) is 5.05. The van der Waals surface area contributed by atoms with Crippen LogP contribution in [-0.4, -0.2) is 14.8 Å². The molecule has 1 N–H and O–H groups in total. The maximum absolute atomic E-state index is 12.0. The largest absolute Gasteiger partial charge is 0.348 e. The van der Waals surface area contributed by atoms with E-state index in [2.05, 4.69) is 10.2 Å². The predicted octanol–water partition coefficient (Wildman–Crippen LogP) is 3.53. The zero-order valence-electron chi connectivity index (χ0n) is 10.2. The highest BCUT2D eigenvalue weighted by Gasteiger charge is 2.13. The van der Waals surface area contributed by atoms with Gasteiger partial charge in [-0.05, 0) is 18.2 Å². The van der Waals surface area contributed by atoms with Crippen LogP contribution in [0.3, 0.4) is 0 Å². The normalized spacial score (nSPS) is 10.7. The van der Waals surface area contributed by atoms with E-state index in [1.165, 1.54) is 4.57 Å². The number of rotatable bonds is 2. The van der Waals surface area contributed by atoms with Crippen molar-refractivity contribution in [3.63, 3.8) is 0 Å². The number of nitrogens with zero attached hydrogens (tertiary/aromatic N) is 2. The van der Waals surface area contributed by atoms with Crippen molar-refractivity contribution < 1.29 is 0 Å². The van der Waals surface area contributed by atoms with Crippen molar-refractivity contribution in [1.82, 2.24) is 14.8 Å². The quantitative estimate of drug-likeness (QED) is 0.787. The van der Waals surface area contributed by atoms with E-state index < -0.39 is 0 Å². The third-order valence-electron chi connectivity index (χ3n) is 2.81. The molecule has 3 rings (SSSR count). The van der Waals surface area contributed by atoms with Crippen molar-refractivity contribution in [1.29, 1.82) is 0 Å². The molecule has 0 radical (unpaired) electrons. The summed E-state index contributed by atoms with van der Waals surface area (Å²) in [6.07, 6.45) is 0. The smallest absolute Gasteiger partial charge is 0.246 e. The van der Waals surface area contributed by atoms with Crippen LogP contribution in [0.5, 0.6) is 0 Å². The number of nitrogens with one attached hydrogen (secondary N) is 1. The molecule has 4 nitrogen and oxygen atoms in total. The summed E-state index contributed by atoms with van der Waals surface area (Å²) in [5.74, 6) is 0.508. The molecule has 1 aromatic heterocycles. The Morgan fingerprint density at radius 2 is 1.65 bits per heavy atom. The third-order valence-corrected chi connectivity index (χ3v) is 3.25. The number of aromatic nitrogens is 3. The van der Waals surface area contributed by atoms with Gasteiger partial charge in [0.25, 0.3) is 0 Å². The molecule has 0 fully saturated rings. The Labute approximate surface area is 124 Å². The van der Waals surface area contributed by atoms with Gasteiger partial charge in [0.1, 0.15) is 0 Å². The highest BCUT2D eigenvalue weighted by atomic mass is 35.5. The van der Waals surface area contributed by atoms with Crippen LogP contribution in [0.25, 0.3) is 17.1 Å². The van der Waals surface area contributed by atoms with E-state index in [-0.39, 0.29) is 5.69 Å². The fourth-order valence-corrected chi connectivity index (χ4v) is 2.50. The summed E-state index contributed by atoms with van der Waals surface area (Å²) in [7, 11) is 0. The molecule has 0 aliphatic rings. The van der Waals surface area contributed by atoms with Crippen molar-refractivity contribution >= 4 is 23.2 Å². The molecule has 1 heterocycles. The summed E-state index contributed by atoms with van der Waals surface area (Å²) in [5, 5.41) is 7.42. The Morgan fingerprint density at radius 3 is 2.30 bits per heavy atom. The summed E-state index contributed by atoms with van der Waals surface area (Å²) in [6.45, 7) is 0. The molecule has 0 saturated heterocycles. The van der Waals surface area contributed by atoms with Gasteiger partial charge in [0.15, 0.2) is 5.82 Å². The van der Waals surface area contributed by atoms with Crippen molar-refractivity contribution in [2.24, 2.45) is 0 Å². The zero-order chi connectivity index (χ0) is 14.1. The lowest BCUT2D eigenvalue weighted by atomic mass is 10.2. The van der Waals surface area contributed by atoms with Crippen LogP contribution in [0.2, 0.25) is 10.0 Å². The average Bonchev–Trinajstić information content (AvgIpc) is 2.80. The molecular weight excluding hydrogens is 297 g/mol. The molecule has 100 valence electrons. The number of hydrogen-bond acceptors (Lipinski definition) is 2. The first kappa shape index (κ1) is 13.0. The number of hydrogen-bond donors (Lipinski definition) is 1. The van der Waals surface area contributed by atoms with Crippen LogP contribution in [0.15, 0.2) is 53.3 Å². The fourth-order valence-electron chi connectivity index (χ4n) is 1.99. The van der Waals surface area contributed by atoms with Gasteiger partial charge in [-0.25, -0.2) is 14.5 Å². The van der Waals surface area contributed by atoms with E-state index in [0.717, 1.165) is 5.56 Å². The van der Waals surface area contributed by atoms with Gasteiger partial charge in [-0.3, -0.25) is 0 Å². The second-order valence-electron chi connectivity index (χ2n) is 4.18. The maximum Gasteiger partial charge on any atom is 0.348 e. The summed E-state index contributed by atoms with van der Waals surface area (Å²) >= 11 is 12.0. The molecular formula is C14H9Cl2N3O. The van der Waals surface area contributed by atoms with Gasteiger partial charge >= 0.3 is 5.69 Å². The minimum atomic E-state index is -0.345. The fraction of sp³-hybridized carbons (Fsp3) is 0. The highest BCUT2D eigenvalue weighted by molar-refractivity contribution is 6.34. The van der Waals surface area contributed by atoms with Gasteiger partial charge in [0.2, 0.25) is 0 Å². The van der Waals surface area contributed by atoms with E-state index in [1.54, 1.807) is 18.2 Å². The molecule has 0 atom stereocenters. The van der Waals surface area contributed by atoms with Crippen molar-refractivity contribution in [3.05, 3.63) is 69.1 Å². The Balaban J connectivity index is 2.24.